The standard InChI is InChI=1S/C15H30N2O/c1-14(2,3)13-11-17(9-6-8-16-13)12-15(4)7-5-10-18-15/h13,16H,5-12H2,1-4H3. The molecule has 0 aromatic heterocycles. The Labute approximate surface area is 112 Å². The number of hydrogen-bond donors (Lipinski definition) is 1. The van der Waals surface area contributed by atoms with E-state index >= 15 is 0 Å². The van der Waals surface area contributed by atoms with Crippen molar-refractivity contribution in [3.63, 3.8) is 0 Å². The van der Waals surface area contributed by atoms with Gasteiger partial charge in [0.25, 0.3) is 0 Å². The van der Waals surface area contributed by atoms with Crippen LogP contribution >= 0.6 is 0 Å². The molecule has 0 saturated carbocycles. The maximum atomic E-state index is 5.94. The van der Waals surface area contributed by atoms with Gasteiger partial charge in [-0.15, -0.1) is 0 Å². The largest absolute Gasteiger partial charge is 0.374 e. The van der Waals surface area contributed by atoms with Gasteiger partial charge in [0.2, 0.25) is 0 Å². The molecule has 2 heterocycles. The van der Waals surface area contributed by atoms with Gasteiger partial charge in [-0.3, -0.25) is 4.90 Å². The van der Waals surface area contributed by atoms with Gasteiger partial charge in [0.1, 0.15) is 0 Å². The molecule has 2 aliphatic heterocycles. The fraction of sp³-hybridized carbons (Fsp3) is 1.00. The molecule has 3 heteroatoms. The van der Waals surface area contributed by atoms with Crippen molar-refractivity contribution in [1.82, 2.24) is 10.2 Å². The summed E-state index contributed by atoms with van der Waals surface area (Å²) in [6, 6.07) is 0.588. The van der Waals surface area contributed by atoms with Crippen molar-refractivity contribution in [3.05, 3.63) is 0 Å². The van der Waals surface area contributed by atoms with E-state index in [9.17, 15) is 0 Å². The number of hydrogen-bond acceptors (Lipinski definition) is 3. The molecule has 2 unspecified atom stereocenters. The van der Waals surface area contributed by atoms with Gasteiger partial charge >= 0.3 is 0 Å². The predicted octanol–water partition coefficient (Wildman–Crippen LogP) is 2.27. The highest BCUT2D eigenvalue weighted by atomic mass is 16.5. The van der Waals surface area contributed by atoms with E-state index in [0.29, 0.717) is 11.5 Å². The summed E-state index contributed by atoms with van der Waals surface area (Å²) in [7, 11) is 0. The van der Waals surface area contributed by atoms with Crippen LogP contribution in [-0.2, 0) is 4.74 Å². The third-order valence-electron chi connectivity index (χ3n) is 4.39. The second kappa shape index (κ2) is 5.48. The summed E-state index contributed by atoms with van der Waals surface area (Å²) in [5.41, 5.74) is 0.437. The third kappa shape index (κ3) is 3.69. The van der Waals surface area contributed by atoms with Crippen LogP contribution in [0.5, 0.6) is 0 Å². The van der Waals surface area contributed by atoms with Gasteiger partial charge in [0.15, 0.2) is 0 Å². The Hall–Kier alpha value is -0.120. The van der Waals surface area contributed by atoms with Crippen molar-refractivity contribution in [1.29, 1.82) is 0 Å². The Morgan fingerprint density at radius 1 is 1.33 bits per heavy atom. The first-order valence-electron chi connectivity index (χ1n) is 7.49. The predicted molar refractivity (Wildman–Crippen MR) is 75.9 cm³/mol. The normalized spacial score (nSPS) is 35.7. The van der Waals surface area contributed by atoms with Crippen LogP contribution in [0, 0.1) is 5.41 Å². The molecule has 2 atom stereocenters. The zero-order valence-corrected chi connectivity index (χ0v) is 12.6. The molecule has 2 saturated heterocycles. The maximum absolute atomic E-state index is 5.94. The second-order valence-corrected chi connectivity index (χ2v) is 7.36. The van der Waals surface area contributed by atoms with E-state index < -0.39 is 0 Å². The van der Waals surface area contributed by atoms with Gasteiger partial charge in [-0.1, -0.05) is 20.8 Å². The van der Waals surface area contributed by atoms with Crippen molar-refractivity contribution in [3.8, 4) is 0 Å². The minimum Gasteiger partial charge on any atom is -0.374 e. The van der Waals surface area contributed by atoms with Crippen molar-refractivity contribution < 1.29 is 4.74 Å². The van der Waals surface area contributed by atoms with Crippen LogP contribution in [0.2, 0.25) is 0 Å². The van der Waals surface area contributed by atoms with Crippen LogP contribution in [0.4, 0.5) is 0 Å². The lowest BCUT2D eigenvalue weighted by Crippen LogP contribution is -2.49. The summed E-state index contributed by atoms with van der Waals surface area (Å²) in [6.45, 7) is 14.8. The first kappa shape index (κ1) is 14.3. The van der Waals surface area contributed by atoms with Crippen LogP contribution in [0.1, 0.15) is 47.0 Å². The second-order valence-electron chi connectivity index (χ2n) is 7.36. The molecule has 106 valence electrons. The number of ether oxygens (including phenoxy) is 1. The molecule has 0 radical (unpaired) electrons. The molecule has 2 rings (SSSR count). The summed E-state index contributed by atoms with van der Waals surface area (Å²) in [5.74, 6) is 0. The van der Waals surface area contributed by atoms with Crippen LogP contribution in [0.15, 0.2) is 0 Å². The molecule has 0 aliphatic carbocycles. The Morgan fingerprint density at radius 2 is 2.11 bits per heavy atom. The van der Waals surface area contributed by atoms with E-state index in [0.717, 1.165) is 26.2 Å². The summed E-state index contributed by atoms with van der Waals surface area (Å²) in [6.07, 6.45) is 3.70. The topological polar surface area (TPSA) is 24.5 Å². The van der Waals surface area contributed by atoms with Gasteiger partial charge in [-0.2, -0.15) is 0 Å². The summed E-state index contributed by atoms with van der Waals surface area (Å²) >= 11 is 0. The van der Waals surface area contributed by atoms with Gasteiger partial charge in [0, 0.05) is 25.7 Å². The first-order chi connectivity index (χ1) is 8.39. The average molecular weight is 254 g/mol. The molecular weight excluding hydrogens is 224 g/mol. The molecule has 2 aliphatic rings. The maximum Gasteiger partial charge on any atom is 0.0781 e. The number of nitrogens with one attached hydrogen (secondary N) is 1. The fourth-order valence-corrected chi connectivity index (χ4v) is 3.15. The third-order valence-corrected chi connectivity index (χ3v) is 4.39. The monoisotopic (exact) mass is 254 g/mol. The van der Waals surface area contributed by atoms with Crippen molar-refractivity contribution in [2.75, 3.05) is 32.8 Å². The van der Waals surface area contributed by atoms with Crippen LogP contribution in [0.25, 0.3) is 0 Å². The van der Waals surface area contributed by atoms with Crippen molar-refractivity contribution in [2.24, 2.45) is 5.41 Å². The minimum absolute atomic E-state index is 0.104. The Balaban J connectivity index is 1.95. The quantitative estimate of drug-likeness (QED) is 0.818. The van der Waals surface area contributed by atoms with Gasteiger partial charge in [-0.25, -0.2) is 0 Å². The summed E-state index contributed by atoms with van der Waals surface area (Å²) in [4.78, 5) is 2.61. The van der Waals surface area contributed by atoms with Crippen LogP contribution in [-0.4, -0.2) is 49.3 Å². The highest BCUT2D eigenvalue weighted by Gasteiger charge is 2.34. The van der Waals surface area contributed by atoms with E-state index in [1.807, 2.05) is 0 Å². The molecule has 18 heavy (non-hydrogen) atoms. The number of nitrogens with zero attached hydrogens (tertiary/aromatic N) is 1. The fourth-order valence-electron chi connectivity index (χ4n) is 3.15. The lowest BCUT2D eigenvalue weighted by atomic mass is 9.86. The van der Waals surface area contributed by atoms with E-state index in [2.05, 4.69) is 37.9 Å². The van der Waals surface area contributed by atoms with Crippen molar-refractivity contribution >= 4 is 0 Å². The Morgan fingerprint density at radius 3 is 2.72 bits per heavy atom. The van der Waals surface area contributed by atoms with Gasteiger partial charge in [-0.05, 0) is 44.7 Å². The minimum atomic E-state index is 0.104. The molecule has 0 aromatic rings. The van der Waals surface area contributed by atoms with Gasteiger partial charge < -0.3 is 10.1 Å². The van der Waals surface area contributed by atoms with E-state index in [1.165, 1.54) is 25.8 Å². The van der Waals surface area contributed by atoms with E-state index in [-0.39, 0.29) is 5.60 Å². The van der Waals surface area contributed by atoms with E-state index in [4.69, 9.17) is 4.74 Å². The molecule has 0 spiro atoms. The lowest BCUT2D eigenvalue weighted by molar-refractivity contribution is -0.0112. The number of rotatable bonds is 2. The summed E-state index contributed by atoms with van der Waals surface area (Å²) < 4.78 is 5.94. The Bertz CT molecular complexity index is 266. The van der Waals surface area contributed by atoms with Crippen LogP contribution in [0.3, 0.4) is 0 Å². The molecule has 1 N–H and O–H groups in total. The molecular formula is C15H30N2O. The molecule has 0 bridgehead atoms. The highest BCUT2D eigenvalue weighted by molar-refractivity contribution is 4.90. The van der Waals surface area contributed by atoms with Crippen molar-refractivity contribution in [2.45, 2.75) is 58.6 Å². The SMILES string of the molecule is CC1(CN2CCCNC(C(C)(C)C)C2)CCCO1. The lowest BCUT2D eigenvalue weighted by Gasteiger charge is -2.36. The zero-order chi connectivity index (χ0) is 13.2. The van der Waals surface area contributed by atoms with E-state index in [1.54, 1.807) is 0 Å². The molecule has 3 nitrogen and oxygen atoms in total. The average Bonchev–Trinajstić information content (AvgIpc) is 2.54. The molecule has 0 aromatic carbocycles. The van der Waals surface area contributed by atoms with Crippen LogP contribution < -0.4 is 5.32 Å². The first-order valence-corrected chi connectivity index (χ1v) is 7.49. The Kier molecular flexibility index (Phi) is 4.35. The molecule has 2 fully saturated rings. The smallest absolute Gasteiger partial charge is 0.0781 e. The zero-order valence-electron chi connectivity index (χ0n) is 12.6. The highest BCUT2D eigenvalue weighted by Crippen LogP contribution is 2.28. The van der Waals surface area contributed by atoms with Gasteiger partial charge in [0.05, 0.1) is 5.60 Å². The molecule has 0 amide bonds. The summed E-state index contributed by atoms with van der Waals surface area (Å²) in [5, 5.41) is 3.71.